The summed E-state index contributed by atoms with van der Waals surface area (Å²) in [5, 5.41) is 12.8. The summed E-state index contributed by atoms with van der Waals surface area (Å²) in [6.07, 6.45) is -7.31. The number of rotatable bonds is 3. The molecule has 1 atom stereocenters. The Morgan fingerprint density at radius 2 is 1.76 bits per heavy atom. The van der Waals surface area contributed by atoms with Crippen LogP contribution in [-0.2, 0) is 12.4 Å². The van der Waals surface area contributed by atoms with Crippen molar-refractivity contribution in [1.29, 1.82) is 0 Å². The van der Waals surface area contributed by atoms with Crippen LogP contribution >= 0.6 is 11.3 Å². The molecule has 0 spiro atoms. The first-order valence-electron chi connectivity index (χ1n) is 9.37. The van der Waals surface area contributed by atoms with Crippen LogP contribution in [-0.4, -0.2) is 25.0 Å². The Kier molecular flexibility index (Phi) is 6.11. The summed E-state index contributed by atoms with van der Waals surface area (Å²) in [7, 11) is 0. The van der Waals surface area contributed by atoms with Crippen LogP contribution in [0.5, 0.6) is 0 Å². The number of hydrogen-bond donors (Lipinski definition) is 1. The minimum atomic E-state index is -5.05. The molecule has 174 valence electrons. The molecule has 3 aromatic heterocycles. The molecule has 0 amide bonds. The van der Waals surface area contributed by atoms with Crippen LogP contribution in [0.1, 0.15) is 33.4 Å². The number of halogens is 6. The average Bonchev–Trinajstić information content (AvgIpc) is 3.46. The van der Waals surface area contributed by atoms with Crippen molar-refractivity contribution in [2.75, 3.05) is 0 Å². The second-order valence-electron chi connectivity index (χ2n) is 6.83. The van der Waals surface area contributed by atoms with Gasteiger partial charge in [0.05, 0.1) is 22.9 Å². The number of benzene rings is 1. The lowest BCUT2D eigenvalue weighted by Crippen LogP contribution is -2.25. The van der Waals surface area contributed by atoms with E-state index in [9.17, 15) is 26.3 Å². The lowest BCUT2D eigenvalue weighted by atomic mass is 10.0. The molecule has 3 heterocycles. The SMILES string of the molecule is NC(c1ccc(C(F)(F)F)cc1C(F)(F)F)n1cc(C#Cc2nnc(-c3ccccn3)s2)cn1. The van der Waals surface area contributed by atoms with Crippen molar-refractivity contribution in [2.24, 2.45) is 5.73 Å². The van der Waals surface area contributed by atoms with Gasteiger partial charge in [-0.15, -0.1) is 10.2 Å². The molecular weight excluding hydrogens is 482 g/mol. The smallest absolute Gasteiger partial charge is 0.306 e. The zero-order chi connectivity index (χ0) is 24.5. The van der Waals surface area contributed by atoms with Gasteiger partial charge in [-0.1, -0.05) is 29.4 Å². The van der Waals surface area contributed by atoms with E-state index in [1.165, 1.54) is 23.7 Å². The van der Waals surface area contributed by atoms with E-state index >= 15 is 0 Å². The van der Waals surface area contributed by atoms with Crippen molar-refractivity contribution in [3.63, 3.8) is 0 Å². The predicted molar refractivity (Wildman–Crippen MR) is 110 cm³/mol. The molecule has 6 nitrogen and oxygen atoms in total. The fourth-order valence-electron chi connectivity index (χ4n) is 2.93. The molecule has 1 unspecified atom stereocenters. The first kappa shape index (κ1) is 23.4. The third-order valence-electron chi connectivity index (χ3n) is 4.51. The highest BCUT2D eigenvalue weighted by atomic mass is 32.1. The topological polar surface area (TPSA) is 82.5 Å². The molecule has 0 bridgehead atoms. The summed E-state index contributed by atoms with van der Waals surface area (Å²) >= 11 is 1.20. The molecule has 0 saturated heterocycles. The Hall–Kier alpha value is -3.76. The third-order valence-corrected chi connectivity index (χ3v) is 5.38. The highest BCUT2D eigenvalue weighted by molar-refractivity contribution is 7.15. The molecule has 0 radical (unpaired) electrons. The van der Waals surface area contributed by atoms with Crippen LogP contribution in [0.4, 0.5) is 26.3 Å². The molecule has 4 rings (SSSR count). The van der Waals surface area contributed by atoms with Crippen molar-refractivity contribution < 1.29 is 26.3 Å². The standard InChI is InChI=1S/C21H12F6N6S/c22-20(23,24)13-5-6-14(15(9-13)21(25,26)27)18(28)33-11-12(10-30-33)4-7-17-31-32-19(34-17)16-3-1-2-8-29-16/h1-3,5-6,8-11,18H,28H2. The largest absolute Gasteiger partial charge is 0.416 e. The monoisotopic (exact) mass is 494 g/mol. The van der Waals surface area contributed by atoms with Gasteiger partial charge < -0.3 is 5.73 Å². The highest BCUT2D eigenvalue weighted by Crippen LogP contribution is 2.39. The van der Waals surface area contributed by atoms with Crippen LogP contribution < -0.4 is 5.73 Å². The molecular formula is C21H12F6N6S. The van der Waals surface area contributed by atoms with Gasteiger partial charge in [0.15, 0.2) is 10.0 Å². The normalized spacial score (nSPS) is 12.8. The van der Waals surface area contributed by atoms with Crippen LogP contribution in [0.2, 0.25) is 0 Å². The first-order valence-corrected chi connectivity index (χ1v) is 10.2. The van der Waals surface area contributed by atoms with Gasteiger partial charge in [0, 0.05) is 18.0 Å². The van der Waals surface area contributed by atoms with Gasteiger partial charge in [-0.05, 0) is 30.2 Å². The zero-order valence-electron chi connectivity index (χ0n) is 16.8. The Bertz CT molecular complexity index is 1360. The molecule has 0 aliphatic carbocycles. The molecule has 4 aromatic rings. The van der Waals surface area contributed by atoms with Gasteiger partial charge in [0.1, 0.15) is 11.9 Å². The molecule has 0 fully saturated rings. The fraction of sp³-hybridized carbons (Fsp3) is 0.143. The lowest BCUT2D eigenvalue weighted by Gasteiger charge is -2.20. The van der Waals surface area contributed by atoms with E-state index in [0.717, 1.165) is 4.68 Å². The molecule has 1 aromatic carbocycles. The van der Waals surface area contributed by atoms with Crippen molar-refractivity contribution >= 4 is 11.3 Å². The number of aromatic nitrogens is 5. The molecule has 13 heteroatoms. The summed E-state index contributed by atoms with van der Waals surface area (Å²) in [6.45, 7) is 0. The lowest BCUT2D eigenvalue weighted by molar-refractivity contribution is -0.143. The summed E-state index contributed by atoms with van der Waals surface area (Å²) in [4.78, 5) is 4.17. The van der Waals surface area contributed by atoms with E-state index in [2.05, 4.69) is 32.1 Å². The molecule has 0 aliphatic rings. The maximum absolute atomic E-state index is 13.4. The molecule has 34 heavy (non-hydrogen) atoms. The van der Waals surface area contributed by atoms with Gasteiger partial charge in [-0.2, -0.15) is 31.4 Å². The Labute approximate surface area is 192 Å². The number of pyridine rings is 1. The number of hydrogen-bond acceptors (Lipinski definition) is 6. The van der Waals surface area contributed by atoms with Crippen molar-refractivity contribution in [1.82, 2.24) is 25.0 Å². The van der Waals surface area contributed by atoms with E-state index in [1.807, 2.05) is 0 Å². The van der Waals surface area contributed by atoms with Gasteiger partial charge >= 0.3 is 12.4 Å². The van der Waals surface area contributed by atoms with Crippen LogP contribution in [0.3, 0.4) is 0 Å². The Morgan fingerprint density at radius 1 is 0.971 bits per heavy atom. The van der Waals surface area contributed by atoms with Crippen molar-refractivity contribution in [3.8, 4) is 22.5 Å². The number of alkyl halides is 6. The third kappa shape index (κ3) is 5.08. The predicted octanol–water partition coefficient (Wildman–Crippen LogP) is 4.74. The number of nitrogens with zero attached hydrogens (tertiary/aromatic N) is 5. The highest BCUT2D eigenvalue weighted by Gasteiger charge is 2.39. The van der Waals surface area contributed by atoms with E-state index in [-0.39, 0.29) is 6.07 Å². The zero-order valence-corrected chi connectivity index (χ0v) is 17.6. The quantitative estimate of drug-likeness (QED) is 0.329. The fourth-order valence-corrected chi connectivity index (χ4v) is 3.60. The molecule has 0 aliphatic heterocycles. The summed E-state index contributed by atoms with van der Waals surface area (Å²) in [5.74, 6) is 5.52. The second-order valence-corrected chi connectivity index (χ2v) is 7.81. The summed E-state index contributed by atoms with van der Waals surface area (Å²) in [6, 6.07) is 6.60. The average molecular weight is 494 g/mol. The van der Waals surface area contributed by atoms with Gasteiger partial charge in [-0.25, -0.2) is 4.68 Å². The summed E-state index contributed by atoms with van der Waals surface area (Å²) in [5.41, 5.74) is 3.36. The second kappa shape index (κ2) is 8.88. The molecule has 0 saturated carbocycles. The maximum Gasteiger partial charge on any atom is 0.416 e. The van der Waals surface area contributed by atoms with Gasteiger partial charge in [-0.3, -0.25) is 4.98 Å². The maximum atomic E-state index is 13.4. The van der Waals surface area contributed by atoms with E-state index in [1.54, 1.807) is 24.4 Å². The first-order chi connectivity index (χ1) is 16.0. The van der Waals surface area contributed by atoms with Gasteiger partial charge in [0.2, 0.25) is 0 Å². The van der Waals surface area contributed by atoms with Crippen LogP contribution in [0.25, 0.3) is 10.7 Å². The van der Waals surface area contributed by atoms with Crippen molar-refractivity contribution in [2.45, 2.75) is 18.5 Å². The van der Waals surface area contributed by atoms with Gasteiger partial charge in [0.25, 0.3) is 0 Å². The van der Waals surface area contributed by atoms with Crippen molar-refractivity contribution in [3.05, 3.63) is 82.3 Å². The van der Waals surface area contributed by atoms with E-state index < -0.39 is 35.2 Å². The van der Waals surface area contributed by atoms with E-state index in [4.69, 9.17) is 5.73 Å². The minimum absolute atomic E-state index is 0.0358. The Morgan fingerprint density at radius 3 is 2.44 bits per heavy atom. The van der Waals surface area contributed by atoms with Crippen LogP contribution in [0.15, 0.2) is 55.0 Å². The number of nitrogens with two attached hydrogens (primary N) is 1. The molecule has 2 N–H and O–H groups in total. The summed E-state index contributed by atoms with van der Waals surface area (Å²) < 4.78 is 80.0. The van der Waals surface area contributed by atoms with Crippen LogP contribution in [0, 0.1) is 11.8 Å². The Balaban J connectivity index is 1.58. The minimum Gasteiger partial charge on any atom is -0.306 e. The van der Waals surface area contributed by atoms with E-state index in [0.29, 0.717) is 33.4 Å².